The predicted octanol–water partition coefficient (Wildman–Crippen LogP) is 2.95. The summed E-state index contributed by atoms with van der Waals surface area (Å²) in [7, 11) is 1.66. The van der Waals surface area contributed by atoms with Crippen LogP contribution in [0.1, 0.15) is 18.5 Å². The van der Waals surface area contributed by atoms with Crippen molar-refractivity contribution in [2.24, 2.45) is 11.8 Å². The van der Waals surface area contributed by atoms with Gasteiger partial charge in [0.25, 0.3) is 0 Å². The zero-order valence-corrected chi connectivity index (χ0v) is 14.2. The van der Waals surface area contributed by atoms with E-state index in [1.54, 1.807) is 7.11 Å². The van der Waals surface area contributed by atoms with Crippen molar-refractivity contribution >= 4 is 10.9 Å². The first-order chi connectivity index (χ1) is 11.7. The molecule has 3 atom stereocenters. The van der Waals surface area contributed by atoms with Crippen LogP contribution in [0.2, 0.25) is 0 Å². The van der Waals surface area contributed by atoms with Crippen LogP contribution in [0.25, 0.3) is 10.9 Å². The molecule has 4 heteroatoms. The highest BCUT2D eigenvalue weighted by Gasteiger charge is 2.25. The minimum Gasteiger partial charge on any atom is -0.497 e. The van der Waals surface area contributed by atoms with Crippen LogP contribution < -0.4 is 10.1 Å². The quantitative estimate of drug-likeness (QED) is 0.802. The Morgan fingerprint density at radius 3 is 3.08 bits per heavy atom. The summed E-state index contributed by atoms with van der Waals surface area (Å²) in [5.41, 5.74) is 1.87. The number of rotatable bonds is 6. The molecule has 3 rings (SSSR count). The maximum absolute atomic E-state index is 10.5. The molecule has 0 radical (unpaired) electrons. The summed E-state index contributed by atoms with van der Waals surface area (Å²) in [5.74, 6) is 1.78. The second-order valence-corrected chi connectivity index (χ2v) is 6.61. The van der Waals surface area contributed by atoms with Gasteiger partial charge in [-0.05, 0) is 55.5 Å². The normalized spacial score (nSPS) is 22.2. The number of aliphatic hydroxyl groups excluding tert-OH is 1. The summed E-state index contributed by atoms with van der Waals surface area (Å²) in [6.07, 6.45) is 4.15. The topological polar surface area (TPSA) is 54.4 Å². The van der Waals surface area contributed by atoms with Crippen molar-refractivity contribution in [1.29, 1.82) is 0 Å². The Bertz CT molecular complexity index is 701. The fourth-order valence-electron chi connectivity index (χ4n) is 3.57. The van der Waals surface area contributed by atoms with Gasteiger partial charge in [0.15, 0.2) is 0 Å². The zero-order valence-electron chi connectivity index (χ0n) is 14.2. The van der Waals surface area contributed by atoms with Crippen LogP contribution in [0.5, 0.6) is 5.75 Å². The third-order valence-corrected chi connectivity index (χ3v) is 4.95. The molecule has 1 aromatic heterocycles. The average molecular weight is 326 g/mol. The van der Waals surface area contributed by atoms with E-state index in [1.165, 1.54) is 0 Å². The standard InChI is InChI=1S/C20H26N2O2/c1-3-14-13-21-9-8-15(14)10-18(23)12-17-5-4-16-11-19(24-2)6-7-20(16)22-17/h3-7,11,14-15,18,21,23H,1,8-10,12-13H2,2H3/t14-,15-,18?/m0/s1. The van der Waals surface area contributed by atoms with E-state index in [2.05, 4.69) is 16.9 Å². The van der Waals surface area contributed by atoms with Crippen molar-refractivity contribution in [3.8, 4) is 5.75 Å². The maximum Gasteiger partial charge on any atom is 0.119 e. The SMILES string of the molecule is C=C[C@H]1CNCC[C@H]1CC(O)Cc1ccc2cc(OC)ccc2n1. The van der Waals surface area contributed by atoms with E-state index in [-0.39, 0.29) is 6.10 Å². The lowest BCUT2D eigenvalue weighted by Gasteiger charge is -2.31. The molecule has 24 heavy (non-hydrogen) atoms. The van der Waals surface area contributed by atoms with Crippen LogP contribution >= 0.6 is 0 Å². The Hall–Kier alpha value is -1.91. The Labute approximate surface area is 143 Å². The molecule has 0 saturated carbocycles. The molecule has 0 bridgehead atoms. The van der Waals surface area contributed by atoms with Gasteiger partial charge in [-0.2, -0.15) is 0 Å². The van der Waals surface area contributed by atoms with Gasteiger partial charge in [0.05, 0.1) is 18.7 Å². The van der Waals surface area contributed by atoms with Crippen LogP contribution in [0.4, 0.5) is 0 Å². The van der Waals surface area contributed by atoms with E-state index >= 15 is 0 Å². The highest BCUT2D eigenvalue weighted by Crippen LogP contribution is 2.26. The first kappa shape index (κ1) is 16.9. The molecule has 0 spiro atoms. The number of ether oxygens (including phenoxy) is 1. The van der Waals surface area contributed by atoms with E-state index in [1.807, 2.05) is 36.4 Å². The van der Waals surface area contributed by atoms with Crippen LogP contribution in [0.15, 0.2) is 43.0 Å². The molecule has 2 heterocycles. The number of benzene rings is 1. The van der Waals surface area contributed by atoms with E-state index < -0.39 is 0 Å². The van der Waals surface area contributed by atoms with Gasteiger partial charge in [-0.25, -0.2) is 0 Å². The van der Waals surface area contributed by atoms with Crippen LogP contribution in [-0.2, 0) is 6.42 Å². The molecule has 4 nitrogen and oxygen atoms in total. The first-order valence-electron chi connectivity index (χ1n) is 8.64. The summed E-state index contributed by atoms with van der Waals surface area (Å²) < 4.78 is 5.24. The van der Waals surface area contributed by atoms with Crippen molar-refractivity contribution < 1.29 is 9.84 Å². The summed E-state index contributed by atoms with van der Waals surface area (Å²) in [5, 5.41) is 15.0. The van der Waals surface area contributed by atoms with E-state index in [0.717, 1.165) is 48.3 Å². The lowest BCUT2D eigenvalue weighted by atomic mass is 9.82. The van der Waals surface area contributed by atoms with Gasteiger partial charge < -0.3 is 15.2 Å². The number of aliphatic hydroxyl groups is 1. The van der Waals surface area contributed by atoms with Crippen LogP contribution in [0, 0.1) is 11.8 Å². The fourth-order valence-corrected chi connectivity index (χ4v) is 3.57. The summed E-state index contributed by atoms with van der Waals surface area (Å²) in [6.45, 7) is 5.92. The number of aromatic nitrogens is 1. The van der Waals surface area contributed by atoms with Gasteiger partial charge in [0.1, 0.15) is 5.75 Å². The molecule has 2 aromatic rings. The number of piperidine rings is 1. The minimum absolute atomic E-state index is 0.362. The Kier molecular flexibility index (Phi) is 5.48. The van der Waals surface area contributed by atoms with Crippen molar-refractivity contribution in [3.05, 3.63) is 48.7 Å². The summed E-state index contributed by atoms with van der Waals surface area (Å²) in [4.78, 5) is 4.67. The molecular formula is C20H26N2O2. The first-order valence-corrected chi connectivity index (χ1v) is 8.64. The summed E-state index contributed by atoms with van der Waals surface area (Å²) in [6, 6.07) is 9.90. The fraction of sp³-hybridized carbons (Fsp3) is 0.450. The molecule has 2 N–H and O–H groups in total. The van der Waals surface area contributed by atoms with E-state index in [0.29, 0.717) is 18.3 Å². The minimum atomic E-state index is -0.362. The average Bonchev–Trinajstić information content (AvgIpc) is 2.61. The van der Waals surface area contributed by atoms with Gasteiger partial charge in [0.2, 0.25) is 0 Å². The Balaban J connectivity index is 1.66. The number of methoxy groups -OCH3 is 1. The second kappa shape index (κ2) is 7.77. The number of nitrogens with one attached hydrogen (secondary N) is 1. The van der Waals surface area contributed by atoms with Crippen molar-refractivity contribution in [2.45, 2.75) is 25.4 Å². The van der Waals surface area contributed by atoms with Crippen LogP contribution in [-0.4, -0.2) is 36.4 Å². The van der Waals surface area contributed by atoms with Crippen LogP contribution in [0.3, 0.4) is 0 Å². The van der Waals surface area contributed by atoms with Gasteiger partial charge in [-0.15, -0.1) is 6.58 Å². The van der Waals surface area contributed by atoms with Gasteiger partial charge in [-0.3, -0.25) is 4.98 Å². The van der Waals surface area contributed by atoms with Crippen molar-refractivity contribution in [1.82, 2.24) is 10.3 Å². The zero-order chi connectivity index (χ0) is 16.9. The predicted molar refractivity (Wildman–Crippen MR) is 97.3 cm³/mol. The van der Waals surface area contributed by atoms with E-state index in [4.69, 9.17) is 4.74 Å². The Morgan fingerprint density at radius 2 is 2.29 bits per heavy atom. The number of nitrogens with zero attached hydrogens (tertiary/aromatic N) is 1. The molecular weight excluding hydrogens is 300 g/mol. The van der Waals surface area contributed by atoms with E-state index in [9.17, 15) is 5.11 Å². The third kappa shape index (κ3) is 3.94. The molecule has 0 amide bonds. The lowest BCUT2D eigenvalue weighted by Crippen LogP contribution is -2.37. The van der Waals surface area contributed by atoms with Crippen molar-refractivity contribution in [2.75, 3.05) is 20.2 Å². The molecule has 1 fully saturated rings. The number of pyridine rings is 1. The number of hydrogen-bond donors (Lipinski definition) is 2. The van der Waals surface area contributed by atoms with Gasteiger partial charge in [-0.1, -0.05) is 12.1 Å². The molecule has 1 aliphatic heterocycles. The second-order valence-electron chi connectivity index (χ2n) is 6.61. The smallest absolute Gasteiger partial charge is 0.119 e. The largest absolute Gasteiger partial charge is 0.497 e. The molecule has 1 aliphatic rings. The molecule has 1 saturated heterocycles. The number of hydrogen-bond acceptors (Lipinski definition) is 4. The number of fused-ring (bicyclic) bond motifs is 1. The highest BCUT2D eigenvalue weighted by atomic mass is 16.5. The summed E-state index contributed by atoms with van der Waals surface area (Å²) >= 11 is 0. The van der Waals surface area contributed by atoms with Gasteiger partial charge in [0, 0.05) is 24.0 Å². The molecule has 1 unspecified atom stereocenters. The van der Waals surface area contributed by atoms with Crippen molar-refractivity contribution in [3.63, 3.8) is 0 Å². The molecule has 128 valence electrons. The monoisotopic (exact) mass is 326 g/mol. The van der Waals surface area contributed by atoms with Gasteiger partial charge >= 0.3 is 0 Å². The Morgan fingerprint density at radius 1 is 1.42 bits per heavy atom. The third-order valence-electron chi connectivity index (χ3n) is 4.95. The maximum atomic E-state index is 10.5. The lowest BCUT2D eigenvalue weighted by molar-refractivity contribution is 0.119. The highest BCUT2D eigenvalue weighted by molar-refractivity contribution is 5.80. The molecule has 1 aromatic carbocycles. The molecule has 0 aliphatic carbocycles.